The van der Waals surface area contributed by atoms with Crippen molar-refractivity contribution in [3.63, 3.8) is 0 Å². The number of rotatable bonds is 3. The minimum atomic E-state index is -1.02. The molecule has 2 saturated heterocycles. The van der Waals surface area contributed by atoms with Gasteiger partial charge in [0.2, 0.25) is 0 Å². The summed E-state index contributed by atoms with van der Waals surface area (Å²) >= 11 is 8.02. The van der Waals surface area contributed by atoms with Crippen molar-refractivity contribution in [2.75, 3.05) is 18.1 Å². The average Bonchev–Trinajstić information content (AvgIpc) is 2.89. The maximum atomic E-state index is 11.3. The van der Waals surface area contributed by atoms with Crippen molar-refractivity contribution in [3.8, 4) is 5.75 Å². The first-order valence-corrected chi connectivity index (χ1v) is 8.53. The summed E-state index contributed by atoms with van der Waals surface area (Å²) in [4.78, 5) is 11.3. The summed E-state index contributed by atoms with van der Waals surface area (Å²) < 4.78 is 11.9. The van der Waals surface area contributed by atoms with Gasteiger partial charge < -0.3 is 14.6 Å². The lowest BCUT2D eigenvalue weighted by molar-refractivity contribution is -0.0959. The standard InChI is InChI=1S/C15H17ClO4S/c16-12-3-1-2-11(14(17)18)13(12)20-10-4-6-19-15(8-10)5-7-21-9-15/h1-3,10H,4-9H2,(H,17,18). The SMILES string of the molecule is O=C(O)c1cccc(Cl)c1OC1CCOC2(CCSC2)C1. The number of aromatic carboxylic acids is 1. The molecule has 0 bridgehead atoms. The Bertz CT molecular complexity index is 542. The molecule has 114 valence electrons. The zero-order chi connectivity index (χ0) is 14.9. The smallest absolute Gasteiger partial charge is 0.339 e. The number of ether oxygens (including phenoxy) is 2. The molecule has 0 aliphatic carbocycles. The van der Waals surface area contributed by atoms with E-state index in [-0.39, 0.29) is 23.0 Å². The van der Waals surface area contributed by atoms with Crippen LogP contribution in [0.15, 0.2) is 18.2 Å². The number of benzene rings is 1. The predicted molar refractivity (Wildman–Crippen MR) is 82.7 cm³/mol. The van der Waals surface area contributed by atoms with Gasteiger partial charge in [-0.1, -0.05) is 17.7 Å². The van der Waals surface area contributed by atoms with E-state index in [4.69, 9.17) is 21.1 Å². The minimum absolute atomic E-state index is 0.0459. The Kier molecular flexibility index (Phi) is 4.33. The number of thioether (sulfide) groups is 1. The fourth-order valence-electron chi connectivity index (χ4n) is 2.91. The third-order valence-electron chi connectivity index (χ3n) is 4.00. The maximum Gasteiger partial charge on any atom is 0.339 e. The number of hydrogen-bond donors (Lipinski definition) is 1. The van der Waals surface area contributed by atoms with Gasteiger partial charge in [-0.3, -0.25) is 0 Å². The van der Waals surface area contributed by atoms with Crippen LogP contribution < -0.4 is 4.74 Å². The molecule has 0 radical (unpaired) electrons. The van der Waals surface area contributed by atoms with E-state index in [2.05, 4.69) is 0 Å². The molecular formula is C15H17ClO4S. The molecule has 0 amide bonds. The lowest BCUT2D eigenvalue weighted by Crippen LogP contribution is -2.44. The molecule has 2 heterocycles. The molecule has 3 rings (SSSR count). The number of carboxylic acids is 1. The van der Waals surface area contributed by atoms with Crippen molar-refractivity contribution >= 4 is 29.3 Å². The van der Waals surface area contributed by atoms with Crippen molar-refractivity contribution < 1.29 is 19.4 Å². The summed E-state index contributed by atoms with van der Waals surface area (Å²) in [5.74, 6) is 1.35. The molecule has 2 aliphatic heterocycles. The molecule has 1 aromatic carbocycles. The molecule has 1 spiro atoms. The number of carbonyl (C=O) groups is 1. The topological polar surface area (TPSA) is 55.8 Å². The van der Waals surface area contributed by atoms with E-state index < -0.39 is 5.97 Å². The van der Waals surface area contributed by atoms with Gasteiger partial charge in [-0.2, -0.15) is 11.8 Å². The summed E-state index contributed by atoms with van der Waals surface area (Å²) in [6, 6.07) is 4.80. The molecular weight excluding hydrogens is 312 g/mol. The highest BCUT2D eigenvalue weighted by Gasteiger charge is 2.41. The van der Waals surface area contributed by atoms with Crippen LogP contribution in [0, 0.1) is 0 Å². The number of para-hydroxylation sites is 1. The highest BCUT2D eigenvalue weighted by Crippen LogP contribution is 2.40. The normalized spacial score (nSPS) is 28.7. The van der Waals surface area contributed by atoms with E-state index in [1.807, 2.05) is 11.8 Å². The summed E-state index contributed by atoms with van der Waals surface area (Å²) in [5.41, 5.74) is 0.0157. The Morgan fingerprint density at radius 2 is 2.38 bits per heavy atom. The molecule has 2 fully saturated rings. The third kappa shape index (κ3) is 3.15. The summed E-state index contributed by atoms with van der Waals surface area (Å²) in [7, 11) is 0. The average molecular weight is 329 g/mol. The van der Waals surface area contributed by atoms with Crippen LogP contribution in [0.1, 0.15) is 29.6 Å². The van der Waals surface area contributed by atoms with Crippen molar-refractivity contribution in [2.24, 2.45) is 0 Å². The molecule has 1 aromatic rings. The van der Waals surface area contributed by atoms with Crippen LogP contribution >= 0.6 is 23.4 Å². The van der Waals surface area contributed by atoms with Crippen LogP contribution in [0.4, 0.5) is 0 Å². The van der Waals surface area contributed by atoms with Gasteiger partial charge in [-0.25, -0.2) is 4.79 Å². The second kappa shape index (κ2) is 6.07. The van der Waals surface area contributed by atoms with E-state index in [9.17, 15) is 9.90 Å². The number of hydrogen-bond acceptors (Lipinski definition) is 4. The van der Waals surface area contributed by atoms with Gasteiger partial charge >= 0.3 is 5.97 Å². The van der Waals surface area contributed by atoms with Crippen molar-refractivity contribution in [1.82, 2.24) is 0 Å². The Morgan fingerprint density at radius 3 is 3.10 bits per heavy atom. The van der Waals surface area contributed by atoms with Crippen molar-refractivity contribution in [2.45, 2.75) is 31.0 Å². The predicted octanol–water partition coefficient (Wildman–Crippen LogP) is 3.47. The first-order valence-electron chi connectivity index (χ1n) is 7.00. The molecule has 6 heteroatoms. The Labute approximate surface area is 132 Å². The van der Waals surface area contributed by atoms with Gasteiger partial charge in [0.1, 0.15) is 11.7 Å². The van der Waals surface area contributed by atoms with Crippen LogP contribution in [0.5, 0.6) is 5.75 Å². The second-order valence-corrected chi connectivity index (χ2v) is 7.00. The first-order chi connectivity index (χ1) is 10.1. The van der Waals surface area contributed by atoms with Gasteiger partial charge in [-0.15, -0.1) is 0 Å². The van der Waals surface area contributed by atoms with Gasteiger partial charge in [0.25, 0.3) is 0 Å². The van der Waals surface area contributed by atoms with E-state index in [1.165, 1.54) is 6.07 Å². The molecule has 0 saturated carbocycles. The molecule has 1 N–H and O–H groups in total. The van der Waals surface area contributed by atoms with Crippen LogP contribution in [0.2, 0.25) is 5.02 Å². The largest absolute Gasteiger partial charge is 0.488 e. The van der Waals surface area contributed by atoms with E-state index in [0.717, 1.165) is 30.8 Å². The Balaban J connectivity index is 1.79. The van der Waals surface area contributed by atoms with Gasteiger partial charge in [-0.05, 0) is 24.3 Å². The van der Waals surface area contributed by atoms with Crippen LogP contribution in [0.25, 0.3) is 0 Å². The number of halogens is 1. The zero-order valence-electron chi connectivity index (χ0n) is 11.5. The van der Waals surface area contributed by atoms with Crippen LogP contribution in [-0.2, 0) is 4.74 Å². The lowest BCUT2D eigenvalue weighted by Gasteiger charge is -2.37. The quantitative estimate of drug-likeness (QED) is 0.920. The molecule has 2 atom stereocenters. The summed E-state index contributed by atoms with van der Waals surface area (Å²) in [5, 5.41) is 9.60. The van der Waals surface area contributed by atoms with E-state index in [1.54, 1.807) is 12.1 Å². The van der Waals surface area contributed by atoms with Gasteiger partial charge in [0, 0.05) is 18.6 Å². The maximum absolute atomic E-state index is 11.3. The van der Waals surface area contributed by atoms with Crippen LogP contribution in [-0.4, -0.2) is 40.9 Å². The highest BCUT2D eigenvalue weighted by molar-refractivity contribution is 7.99. The Hall–Kier alpha value is -0.910. The Morgan fingerprint density at radius 1 is 1.52 bits per heavy atom. The van der Waals surface area contributed by atoms with Gasteiger partial charge in [0.15, 0.2) is 5.75 Å². The fraction of sp³-hybridized carbons (Fsp3) is 0.533. The first kappa shape index (κ1) is 15.0. The monoisotopic (exact) mass is 328 g/mol. The highest BCUT2D eigenvalue weighted by atomic mass is 35.5. The molecule has 2 aliphatic rings. The minimum Gasteiger partial charge on any atom is -0.488 e. The fourth-order valence-corrected chi connectivity index (χ4v) is 4.51. The second-order valence-electron chi connectivity index (χ2n) is 5.49. The molecule has 4 nitrogen and oxygen atoms in total. The van der Waals surface area contributed by atoms with Crippen molar-refractivity contribution in [1.29, 1.82) is 0 Å². The third-order valence-corrected chi connectivity index (χ3v) is 5.52. The summed E-state index contributed by atoms with van der Waals surface area (Å²) in [6.45, 7) is 0.651. The lowest BCUT2D eigenvalue weighted by atomic mass is 9.91. The van der Waals surface area contributed by atoms with Gasteiger partial charge in [0.05, 0.1) is 17.2 Å². The molecule has 2 unspecified atom stereocenters. The van der Waals surface area contributed by atoms with Crippen molar-refractivity contribution in [3.05, 3.63) is 28.8 Å². The van der Waals surface area contributed by atoms with E-state index in [0.29, 0.717) is 11.6 Å². The number of carboxylic acid groups (broad SMARTS) is 1. The zero-order valence-corrected chi connectivity index (χ0v) is 13.1. The molecule has 0 aromatic heterocycles. The van der Waals surface area contributed by atoms with E-state index >= 15 is 0 Å². The molecule has 21 heavy (non-hydrogen) atoms. The summed E-state index contributed by atoms with van der Waals surface area (Å²) in [6.07, 6.45) is 2.54. The van der Waals surface area contributed by atoms with Crippen LogP contribution in [0.3, 0.4) is 0 Å².